The number of benzene rings is 2. The van der Waals surface area contributed by atoms with E-state index < -0.39 is 0 Å². The van der Waals surface area contributed by atoms with Crippen LogP contribution in [0.5, 0.6) is 0 Å². The maximum atomic E-state index is 6.22. The van der Waals surface area contributed by atoms with Crippen LogP contribution in [-0.4, -0.2) is 20.1 Å². The van der Waals surface area contributed by atoms with Crippen LogP contribution in [0.4, 0.5) is 5.69 Å². The average Bonchev–Trinajstić information content (AvgIpc) is 2.72. The van der Waals surface area contributed by atoms with Gasteiger partial charge < -0.3 is 10.2 Å². The molecule has 3 heteroatoms. The van der Waals surface area contributed by atoms with Crippen LogP contribution in [0.1, 0.15) is 16.7 Å². The molecule has 2 aromatic rings. The molecule has 0 bridgehead atoms. The van der Waals surface area contributed by atoms with E-state index in [2.05, 4.69) is 46.6 Å². The molecule has 3 rings (SSSR count). The summed E-state index contributed by atoms with van der Waals surface area (Å²) in [4.78, 5) is 2.47. The lowest BCUT2D eigenvalue weighted by atomic mass is 10.0. The number of rotatable bonds is 3. The number of anilines is 1. The highest BCUT2D eigenvalue weighted by Crippen LogP contribution is 2.27. The summed E-state index contributed by atoms with van der Waals surface area (Å²) >= 11 is 6.22. The lowest BCUT2D eigenvalue weighted by Crippen LogP contribution is -2.27. The second-order valence-electron chi connectivity index (χ2n) is 5.56. The zero-order chi connectivity index (χ0) is 14.7. The van der Waals surface area contributed by atoms with Crippen molar-refractivity contribution in [2.45, 2.75) is 19.4 Å². The van der Waals surface area contributed by atoms with Crippen molar-refractivity contribution in [3.63, 3.8) is 0 Å². The van der Waals surface area contributed by atoms with Gasteiger partial charge in [-0.25, -0.2) is 0 Å². The minimum Gasteiger partial charge on any atom is -0.371 e. The molecular formula is C18H21ClN2. The van der Waals surface area contributed by atoms with Crippen molar-refractivity contribution in [3.8, 4) is 0 Å². The Morgan fingerprint density at radius 1 is 1.05 bits per heavy atom. The number of nitrogens with zero attached hydrogens (tertiary/aromatic N) is 1. The van der Waals surface area contributed by atoms with Gasteiger partial charge in [-0.3, -0.25) is 0 Å². The van der Waals surface area contributed by atoms with Gasteiger partial charge in [-0.15, -0.1) is 0 Å². The Kier molecular flexibility index (Phi) is 4.47. The van der Waals surface area contributed by atoms with E-state index in [4.69, 9.17) is 11.6 Å². The summed E-state index contributed by atoms with van der Waals surface area (Å²) in [5.41, 5.74) is 5.55. The van der Waals surface area contributed by atoms with Gasteiger partial charge in [0.2, 0.25) is 0 Å². The normalized spacial score (nSPS) is 14.7. The topological polar surface area (TPSA) is 15.3 Å². The number of nitrogens with one attached hydrogen (secondary N) is 1. The van der Waals surface area contributed by atoms with Crippen molar-refractivity contribution in [1.82, 2.24) is 5.32 Å². The standard InChI is InChI=1S/C18H21ClN2/c1-20-13-16-6-7-17(19)12-18(16)21-10-8-14-4-2-3-5-15(14)9-11-21/h2-7,12,20H,8-11,13H2,1H3. The first-order valence-electron chi connectivity index (χ1n) is 7.52. The van der Waals surface area contributed by atoms with Crippen LogP contribution < -0.4 is 10.2 Å². The van der Waals surface area contributed by atoms with Crippen LogP contribution in [-0.2, 0) is 19.4 Å². The predicted octanol–water partition coefficient (Wildman–Crippen LogP) is 3.66. The highest BCUT2D eigenvalue weighted by molar-refractivity contribution is 6.30. The molecule has 2 aromatic carbocycles. The second-order valence-corrected chi connectivity index (χ2v) is 6.00. The Morgan fingerprint density at radius 3 is 2.33 bits per heavy atom. The quantitative estimate of drug-likeness (QED) is 0.930. The molecule has 0 unspecified atom stereocenters. The molecule has 1 aliphatic rings. The van der Waals surface area contributed by atoms with E-state index in [1.165, 1.54) is 22.4 Å². The van der Waals surface area contributed by atoms with Crippen LogP contribution in [0.3, 0.4) is 0 Å². The molecule has 1 aliphatic heterocycles. The van der Waals surface area contributed by atoms with E-state index in [9.17, 15) is 0 Å². The van der Waals surface area contributed by atoms with Crippen LogP contribution in [0.2, 0.25) is 5.02 Å². The van der Waals surface area contributed by atoms with Crippen LogP contribution in [0.25, 0.3) is 0 Å². The molecule has 0 spiro atoms. The van der Waals surface area contributed by atoms with E-state index in [0.29, 0.717) is 0 Å². The number of halogens is 1. The molecule has 1 heterocycles. The maximum absolute atomic E-state index is 6.22. The molecule has 21 heavy (non-hydrogen) atoms. The third-order valence-electron chi connectivity index (χ3n) is 4.18. The first-order valence-corrected chi connectivity index (χ1v) is 7.90. The van der Waals surface area contributed by atoms with Crippen molar-refractivity contribution >= 4 is 17.3 Å². The molecule has 0 aliphatic carbocycles. The van der Waals surface area contributed by atoms with Crippen molar-refractivity contribution in [1.29, 1.82) is 0 Å². The van der Waals surface area contributed by atoms with Crippen molar-refractivity contribution in [2.24, 2.45) is 0 Å². The van der Waals surface area contributed by atoms with Crippen LogP contribution in [0, 0.1) is 0 Å². The van der Waals surface area contributed by atoms with E-state index in [1.54, 1.807) is 0 Å². The molecule has 0 atom stereocenters. The molecule has 0 saturated carbocycles. The summed E-state index contributed by atoms with van der Waals surface area (Å²) in [7, 11) is 1.98. The lowest BCUT2D eigenvalue weighted by Gasteiger charge is -2.25. The van der Waals surface area contributed by atoms with Gasteiger partial charge in [-0.2, -0.15) is 0 Å². The molecule has 0 amide bonds. The Balaban J connectivity index is 1.87. The van der Waals surface area contributed by atoms with E-state index >= 15 is 0 Å². The van der Waals surface area contributed by atoms with Crippen LogP contribution in [0.15, 0.2) is 42.5 Å². The first-order chi connectivity index (χ1) is 10.3. The van der Waals surface area contributed by atoms with Gasteiger partial charge in [0, 0.05) is 30.3 Å². The van der Waals surface area contributed by atoms with Gasteiger partial charge in [0.1, 0.15) is 0 Å². The van der Waals surface area contributed by atoms with E-state index in [1.807, 2.05) is 13.1 Å². The highest BCUT2D eigenvalue weighted by Gasteiger charge is 2.16. The van der Waals surface area contributed by atoms with E-state index in [-0.39, 0.29) is 0 Å². The summed E-state index contributed by atoms with van der Waals surface area (Å²) in [6.45, 7) is 2.97. The minimum absolute atomic E-state index is 0.812. The van der Waals surface area contributed by atoms with Crippen molar-refractivity contribution < 1.29 is 0 Å². The maximum Gasteiger partial charge on any atom is 0.0426 e. The first kappa shape index (κ1) is 14.4. The highest BCUT2D eigenvalue weighted by atomic mass is 35.5. The Morgan fingerprint density at radius 2 is 1.71 bits per heavy atom. The summed E-state index contributed by atoms with van der Waals surface area (Å²) in [5, 5.41) is 4.06. The van der Waals surface area contributed by atoms with Crippen molar-refractivity contribution in [3.05, 3.63) is 64.2 Å². The molecule has 0 saturated heterocycles. The van der Waals surface area contributed by atoms with Gasteiger partial charge >= 0.3 is 0 Å². The van der Waals surface area contributed by atoms with Gasteiger partial charge in [-0.1, -0.05) is 41.9 Å². The summed E-state index contributed by atoms with van der Waals surface area (Å²) in [5.74, 6) is 0. The molecule has 110 valence electrons. The number of hydrogen-bond acceptors (Lipinski definition) is 2. The molecule has 0 aromatic heterocycles. The van der Waals surface area contributed by atoms with Crippen LogP contribution >= 0.6 is 11.6 Å². The Bertz CT molecular complexity index is 597. The average molecular weight is 301 g/mol. The Hall–Kier alpha value is -1.51. The lowest BCUT2D eigenvalue weighted by molar-refractivity contribution is 0.774. The SMILES string of the molecule is CNCc1ccc(Cl)cc1N1CCc2ccccc2CC1. The second kappa shape index (κ2) is 6.50. The largest absolute Gasteiger partial charge is 0.371 e. The molecule has 1 N–H and O–H groups in total. The number of fused-ring (bicyclic) bond motifs is 1. The van der Waals surface area contributed by atoms with Crippen molar-refractivity contribution in [2.75, 3.05) is 25.0 Å². The molecular weight excluding hydrogens is 280 g/mol. The van der Waals surface area contributed by atoms with Gasteiger partial charge in [-0.05, 0) is 48.7 Å². The van der Waals surface area contributed by atoms with Gasteiger partial charge in [0.25, 0.3) is 0 Å². The predicted molar refractivity (Wildman–Crippen MR) is 90.3 cm³/mol. The fourth-order valence-corrected chi connectivity index (χ4v) is 3.25. The van der Waals surface area contributed by atoms with Gasteiger partial charge in [0.05, 0.1) is 0 Å². The zero-order valence-electron chi connectivity index (χ0n) is 12.4. The summed E-state index contributed by atoms with van der Waals surface area (Å²) < 4.78 is 0. The van der Waals surface area contributed by atoms with E-state index in [0.717, 1.165) is 37.5 Å². The Labute approximate surface area is 131 Å². The summed E-state index contributed by atoms with van der Waals surface area (Å²) in [6.07, 6.45) is 2.20. The molecule has 2 nitrogen and oxygen atoms in total. The van der Waals surface area contributed by atoms with Gasteiger partial charge in [0.15, 0.2) is 0 Å². The monoisotopic (exact) mass is 300 g/mol. The minimum atomic E-state index is 0.812. The zero-order valence-corrected chi connectivity index (χ0v) is 13.2. The smallest absolute Gasteiger partial charge is 0.0426 e. The fraction of sp³-hybridized carbons (Fsp3) is 0.333. The number of hydrogen-bond donors (Lipinski definition) is 1. The summed E-state index contributed by atoms with van der Waals surface area (Å²) in [6, 6.07) is 15.0. The molecule has 0 fully saturated rings. The third-order valence-corrected chi connectivity index (χ3v) is 4.41. The fourth-order valence-electron chi connectivity index (χ4n) is 3.08. The molecule has 0 radical (unpaired) electrons. The third kappa shape index (κ3) is 3.22.